The van der Waals surface area contributed by atoms with Crippen molar-refractivity contribution in [1.82, 2.24) is 0 Å². The van der Waals surface area contributed by atoms with Gasteiger partial charge >= 0.3 is 6.18 Å². The van der Waals surface area contributed by atoms with E-state index in [-0.39, 0.29) is 0 Å². The summed E-state index contributed by atoms with van der Waals surface area (Å²) >= 11 is 0. The second kappa shape index (κ2) is 2.81. The smallest absolute Gasteiger partial charge is 0.312 e. The number of hydrogen-bond donors (Lipinski definition) is 1. The molecule has 0 saturated heterocycles. The lowest BCUT2D eigenvalue weighted by atomic mass is 10.1. The molecule has 0 aliphatic heterocycles. The third kappa shape index (κ3) is 2.16. The molecule has 0 fully saturated rings. The summed E-state index contributed by atoms with van der Waals surface area (Å²) in [7, 11) is 0. The summed E-state index contributed by atoms with van der Waals surface area (Å²) in [4.78, 5) is 10.1. The van der Waals surface area contributed by atoms with Crippen molar-refractivity contribution in [2.24, 2.45) is 5.92 Å². The monoisotopic (exact) mass is 153 g/mol. The van der Waals surface area contributed by atoms with Crippen molar-refractivity contribution in [2.75, 3.05) is 0 Å². The SMILES string of the molecule is CC(C=N)C(=O)C(F)(F)F. The van der Waals surface area contributed by atoms with Crippen LogP contribution in [0.25, 0.3) is 0 Å². The summed E-state index contributed by atoms with van der Waals surface area (Å²) in [5.41, 5.74) is 0. The Morgan fingerprint density at radius 3 is 2.10 bits per heavy atom. The van der Waals surface area contributed by atoms with Gasteiger partial charge in [0, 0.05) is 6.21 Å². The first kappa shape index (κ1) is 9.13. The second-order valence-corrected chi connectivity index (χ2v) is 1.82. The molecule has 0 aromatic heterocycles. The van der Waals surface area contributed by atoms with E-state index in [1.54, 1.807) is 0 Å². The highest BCUT2D eigenvalue weighted by Gasteiger charge is 2.40. The molecule has 0 radical (unpaired) electrons. The maximum absolute atomic E-state index is 11.4. The minimum Gasteiger partial charge on any atom is -0.312 e. The Morgan fingerprint density at radius 1 is 1.60 bits per heavy atom. The van der Waals surface area contributed by atoms with E-state index in [9.17, 15) is 18.0 Å². The molecule has 58 valence electrons. The molecule has 0 aromatic rings. The Hall–Kier alpha value is -0.870. The van der Waals surface area contributed by atoms with Crippen molar-refractivity contribution >= 4 is 12.0 Å². The van der Waals surface area contributed by atoms with Crippen molar-refractivity contribution in [3.63, 3.8) is 0 Å². The summed E-state index contributed by atoms with van der Waals surface area (Å²) in [5, 5.41) is 6.37. The number of rotatable bonds is 2. The number of hydrogen-bond acceptors (Lipinski definition) is 2. The Labute approximate surface area is 55.5 Å². The average molecular weight is 153 g/mol. The van der Waals surface area contributed by atoms with Crippen molar-refractivity contribution in [3.05, 3.63) is 0 Å². The Bertz CT molecular complexity index is 151. The standard InChI is InChI=1S/C5H6F3NO/c1-3(2-9)4(10)5(6,7)8/h2-3,9H,1H3. The Morgan fingerprint density at radius 2 is 2.00 bits per heavy atom. The first-order valence-electron chi connectivity index (χ1n) is 2.51. The van der Waals surface area contributed by atoms with Gasteiger partial charge in [0.1, 0.15) is 0 Å². The molecule has 1 unspecified atom stereocenters. The highest BCUT2D eigenvalue weighted by Crippen LogP contribution is 2.19. The van der Waals surface area contributed by atoms with Crippen LogP contribution in [-0.4, -0.2) is 18.2 Å². The predicted molar refractivity (Wildman–Crippen MR) is 29.0 cm³/mol. The number of carbonyl (C=O) groups is 1. The molecule has 0 saturated carbocycles. The number of Topliss-reactive ketones (excluding diaryl/α,β-unsaturated/α-hetero) is 1. The quantitative estimate of drug-likeness (QED) is 0.598. The molecule has 2 nitrogen and oxygen atoms in total. The maximum atomic E-state index is 11.4. The minimum absolute atomic E-state index is 0.468. The van der Waals surface area contributed by atoms with E-state index in [1.165, 1.54) is 0 Å². The van der Waals surface area contributed by atoms with Crippen LogP contribution in [0, 0.1) is 11.3 Å². The van der Waals surface area contributed by atoms with Gasteiger partial charge in [-0.15, -0.1) is 0 Å². The van der Waals surface area contributed by atoms with Gasteiger partial charge in [-0.25, -0.2) is 0 Å². The van der Waals surface area contributed by atoms with Crippen LogP contribution in [0.5, 0.6) is 0 Å². The lowest BCUT2D eigenvalue weighted by molar-refractivity contribution is -0.172. The normalized spacial score (nSPS) is 14.4. The molecule has 5 heteroatoms. The molecule has 0 aromatic carbocycles. The van der Waals surface area contributed by atoms with E-state index in [2.05, 4.69) is 0 Å². The minimum atomic E-state index is -4.81. The van der Waals surface area contributed by atoms with Gasteiger partial charge in [0.05, 0.1) is 5.92 Å². The van der Waals surface area contributed by atoms with Gasteiger partial charge in [0.15, 0.2) is 0 Å². The van der Waals surface area contributed by atoms with Gasteiger partial charge < -0.3 is 5.41 Å². The first-order chi connectivity index (χ1) is 4.39. The lowest BCUT2D eigenvalue weighted by Gasteiger charge is -2.06. The number of nitrogens with one attached hydrogen (secondary N) is 1. The van der Waals surface area contributed by atoms with Crippen LogP contribution in [0.2, 0.25) is 0 Å². The molecular formula is C5H6F3NO. The molecule has 0 amide bonds. The molecule has 0 spiro atoms. The molecular weight excluding hydrogens is 147 g/mol. The van der Waals surface area contributed by atoms with E-state index in [0.717, 1.165) is 6.92 Å². The van der Waals surface area contributed by atoms with E-state index in [4.69, 9.17) is 5.41 Å². The van der Waals surface area contributed by atoms with Crippen LogP contribution < -0.4 is 0 Å². The van der Waals surface area contributed by atoms with Gasteiger partial charge in [-0.1, -0.05) is 6.92 Å². The van der Waals surface area contributed by atoms with Gasteiger partial charge in [-0.2, -0.15) is 13.2 Å². The van der Waals surface area contributed by atoms with E-state index >= 15 is 0 Å². The lowest BCUT2D eigenvalue weighted by Crippen LogP contribution is -2.29. The van der Waals surface area contributed by atoms with E-state index in [0.29, 0.717) is 6.21 Å². The molecule has 0 bridgehead atoms. The van der Waals surface area contributed by atoms with Crippen LogP contribution >= 0.6 is 0 Å². The molecule has 0 aliphatic carbocycles. The Kier molecular flexibility index (Phi) is 2.56. The number of carbonyl (C=O) groups excluding carboxylic acids is 1. The molecule has 10 heavy (non-hydrogen) atoms. The van der Waals surface area contributed by atoms with Gasteiger partial charge in [-0.05, 0) is 0 Å². The van der Waals surface area contributed by atoms with Gasteiger partial charge in [0.2, 0.25) is 5.78 Å². The summed E-state index contributed by atoms with van der Waals surface area (Å²) in [6.45, 7) is 1.03. The van der Waals surface area contributed by atoms with Crippen LogP contribution in [-0.2, 0) is 4.79 Å². The summed E-state index contributed by atoms with van der Waals surface area (Å²) < 4.78 is 34.3. The van der Waals surface area contributed by atoms with Crippen molar-refractivity contribution < 1.29 is 18.0 Å². The van der Waals surface area contributed by atoms with E-state index in [1.807, 2.05) is 0 Å². The predicted octanol–water partition coefficient (Wildman–Crippen LogP) is 1.40. The highest BCUT2D eigenvalue weighted by atomic mass is 19.4. The van der Waals surface area contributed by atoms with Crippen molar-refractivity contribution in [3.8, 4) is 0 Å². The zero-order chi connectivity index (χ0) is 8.36. The highest BCUT2D eigenvalue weighted by molar-refractivity contribution is 5.97. The van der Waals surface area contributed by atoms with Crippen LogP contribution in [0.15, 0.2) is 0 Å². The fraction of sp³-hybridized carbons (Fsp3) is 0.600. The first-order valence-corrected chi connectivity index (χ1v) is 2.51. The third-order valence-electron chi connectivity index (χ3n) is 0.943. The fourth-order valence-corrected chi connectivity index (χ4v) is 0.334. The summed E-state index contributed by atoms with van der Waals surface area (Å²) in [6, 6.07) is 0. The van der Waals surface area contributed by atoms with Crippen LogP contribution in [0.1, 0.15) is 6.92 Å². The zero-order valence-electron chi connectivity index (χ0n) is 5.20. The maximum Gasteiger partial charge on any atom is 0.450 e. The van der Waals surface area contributed by atoms with Crippen LogP contribution in [0.3, 0.4) is 0 Å². The number of halogens is 3. The molecule has 0 heterocycles. The van der Waals surface area contributed by atoms with Crippen molar-refractivity contribution in [1.29, 1.82) is 5.41 Å². The fourth-order valence-electron chi connectivity index (χ4n) is 0.334. The van der Waals surface area contributed by atoms with Gasteiger partial charge in [-0.3, -0.25) is 4.79 Å². The van der Waals surface area contributed by atoms with Crippen LogP contribution in [0.4, 0.5) is 13.2 Å². The number of ketones is 1. The molecule has 1 atom stereocenters. The topological polar surface area (TPSA) is 40.9 Å². The molecule has 0 rings (SSSR count). The molecule has 1 N–H and O–H groups in total. The third-order valence-corrected chi connectivity index (χ3v) is 0.943. The second-order valence-electron chi connectivity index (χ2n) is 1.82. The largest absolute Gasteiger partial charge is 0.450 e. The molecule has 0 aliphatic rings. The van der Waals surface area contributed by atoms with Gasteiger partial charge in [0.25, 0.3) is 0 Å². The average Bonchev–Trinajstić information content (AvgIpc) is 1.83. The van der Waals surface area contributed by atoms with E-state index < -0.39 is 17.9 Å². The Balaban J connectivity index is 4.22. The van der Waals surface area contributed by atoms with Crippen molar-refractivity contribution in [2.45, 2.75) is 13.1 Å². The summed E-state index contributed by atoms with van der Waals surface area (Å²) in [5.74, 6) is -3.23. The zero-order valence-corrected chi connectivity index (χ0v) is 5.20. The summed E-state index contributed by atoms with van der Waals surface area (Å²) in [6.07, 6.45) is -4.34. The number of alkyl halides is 3.